The molecule has 1 heteroatoms. The zero-order valence-corrected chi connectivity index (χ0v) is 15.2. The number of hydrogen-bond donors (Lipinski definition) is 0. The summed E-state index contributed by atoms with van der Waals surface area (Å²) in [5, 5.41) is 0. The molecule has 0 aromatic heterocycles. The van der Waals surface area contributed by atoms with Gasteiger partial charge in [-0.15, -0.1) is 0 Å². The van der Waals surface area contributed by atoms with Gasteiger partial charge in [-0.05, 0) is 25.7 Å². The van der Waals surface area contributed by atoms with Crippen LogP contribution in [0, 0.1) is 5.92 Å². The molecule has 0 heterocycles. The molecule has 0 aliphatic carbocycles. The molecule has 0 aromatic rings. The summed E-state index contributed by atoms with van der Waals surface area (Å²) in [6.07, 6.45) is 19.8. The molecule has 0 amide bonds. The summed E-state index contributed by atoms with van der Waals surface area (Å²) in [6.45, 7) is 9.85. The molecule has 0 rings (SSSR count). The summed E-state index contributed by atoms with van der Waals surface area (Å²) in [7, 11) is 0. The number of unbranched alkanes of at least 4 members (excludes halogenated alkanes) is 9. The summed E-state index contributed by atoms with van der Waals surface area (Å²) in [5.74, 6) is 0.746. The lowest BCUT2D eigenvalue weighted by molar-refractivity contribution is 0.0936. The van der Waals surface area contributed by atoms with Crippen LogP contribution in [0.2, 0.25) is 0 Å². The molecule has 126 valence electrons. The van der Waals surface area contributed by atoms with E-state index in [0.29, 0.717) is 0 Å². The molecule has 1 atom stereocenters. The Labute approximate surface area is 134 Å². The van der Waals surface area contributed by atoms with Crippen molar-refractivity contribution in [3.05, 3.63) is 12.2 Å². The van der Waals surface area contributed by atoms with Crippen LogP contribution in [0.25, 0.3) is 0 Å². The standard InChI is InChI=1S/C20H40O/c1-5-6-7-8-9-10-11-12-13-14-18-21-20(4)17-15-16-19(2)3/h15,17,19-20H,5-14,16,18H2,1-4H3/b17-15+. The summed E-state index contributed by atoms with van der Waals surface area (Å²) < 4.78 is 5.81. The average molecular weight is 297 g/mol. The Bertz CT molecular complexity index is 220. The molecule has 0 fully saturated rings. The summed E-state index contributed by atoms with van der Waals surface area (Å²) >= 11 is 0. The van der Waals surface area contributed by atoms with Gasteiger partial charge in [-0.1, -0.05) is 90.7 Å². The van der Waals surface area contributed by atoms with Crippen molar-refractivity contribution in [2.24, 2.45) is 5.92 Å². The van der Waals surface area contributed by atoms with Crippen molar-refractivity contribution in [3.8, 4) is 0 Å². The van der Waals surface area contributed by atoms with Gasteiger partial charge < -0.3 is 4.74 Å². The van der Waals surface area contributed by atoms with Crippen LogP contribution in [-0.2, 0) is 4.74 Å². The number of ether oxygens (including phenoxy) is 1. The first kappa shape index (κ1) is 20.7. The zero-order chi connectivity index (χ0) is 15.8. The second-order valence-electron chi connectivity index (χ2n) is 6.82. The van der Waals surface area contributed by atoms with Crippen LogP contribution in [0.4, 0.5) is 0 Å². The van der Waals surface area contributed by atoms with Crippen LogP contribution in [0.15, 0.2) is 12.2 Å². The van der Waals surface area contributed by atoms with Gasteiger partial charge >= 0.3 is 0 Å². The molecule has 0 saturated heterocycles. The minimum atomic E-state index is 0.280. The normalized spacial score (nSPS) is 13.4. The van der Waals surface area contributed by atoms with Crippen LogP contribution < -0.4 is 0 Å². The zero-order valence-electron chi connectivity index (χ0n) is 15.2. The third-order valence-electron chi connectivity index (χ3n) is 3.89. The van der Waals surface area contributed by atoms with Crippen LogP contribution in [-0.4, -0.2) is 12.7 Å². The third kappa shape index (κ3) is 17.6. The average Bonchev–Trinajstić information content (AvgIpc) is 2.44. The molecular formula is C20H40O. The van der Waals surface area contributed by atoms with Crippen molar-refractivity contribution >= 4 is 0 Å². The molecule has 0 spiro atoms. The summed E-state index contributed by atoms with van der Waals surface area (Å²) in [6, 6.07) is 0. The van der Waals surface area contributed by atoms with E-state index in [1.54, 1.807) is 0 Å². The van der Waals surface area contributed by atoms with Crippen LogP contribution in [0.3, 0.4) is 0 Å². The second kappa shape index (κ2) is 16.1. The quantitative estimate of drug-likeness (QED) is 0.235. The van der Waals surface area contributed by atoms with Gasteiger partial charge in [-0.2, -0.15) is 0 Å². The van der Waals surface area contributed by atoms with E-state index >= 15 is 0 Å². The molecule has 0 aliphatic rings. The van der Waals surface area contributed by atoms with E-state index in [0.717, 1.165) is 18.9 Å². The van der Waals surface area contributed by atoms with Crippen LogP contribution >= 0.6 is 0 Å². The van der Waals surface area contributed by atoms with E-state index in [1.807, 2.05) is 0 Å². The summed E-state index contributed by atoms with van der Waals surface area (Å²) in [4.78, 5) is 0. The fourth-order valence-electron chi connectivity index (χ4n) is 2.46. The van der Waals surface area contributed by atoms with Crippen molar-refractivity contribution in [1.29, 1.82) is 0 Å². The van der Waals surface area contributed by atoms with Gasteiger partial charge in [0.15, 0.2) is 0 Å². The highest BCUT2D eigenvalue weighted by Crippen LogP contribution is 2.10. The Balaban J connectivity index is 3.19. The first-order valence-electron chi connectivity index (χ1n) is 9.45. The Morgan fingerprint density at radius 2 is 1.29 bits per heavy atom. The molecule has 0 N–H and O–H groups in total. The van der Waals surface area contributed by atoms with Crippen molar-refractivity contribution in [2.45, 2.75) is 104 Å². The first-order valence-corrected chi connectivity index (χ1v) is 9.45. The molecule has 0 aliphatic heterocycles. The highest BCUT2D eigenvalue weighted by molar-refractivity contribution is 4.87. The van der Waals surface area contributed by atoms with E-state index in [9.17, 15) is 0 Å². The fraction of sp³-hybridized carbons (Fsp3) is 0.900. The molecule has 1 unspecified atom stereocenters. The summed E-state index contributed by atoms with van der Waals surface area (Å²) in [5.41, 5.74) is 0. The maximum absolute atomic E-state index is 5.81. The largest absolute Gasteiger partial charge is 0.374 e. The van der Waals surface area contributed by atoms with Gasteiger partial charge in [0.05, 0.1) is 6.10 Å². The molecular weight excluding hydrogens is 256 g/mol. The second-order valence-corrected chi connectivity index (χ2v) is 6.82. The Kier molecular flexibility index (Phi) is 15.8. The van der Waals surface area contributed by atoms with Gasteiger partial charge in [0.25, 0.3) is 0 Å². The van der Waals surface area contributed by atoms with Crippen molar-refractivity contribution in [3.63, 3.8) is 0 Å². The maximum Gasteiger partial charge on any atom is 0.0727 e. The first-order chi connectivity index (χ1) is 10.2. The van der Waals surface area contributed by atoms with E-state index < -0.39 is 0 Å². The lowest BCUT2D eigenvalue weighted by Crippen LogP contribution is -2.05. The minimum Gasteiger partial charge on any atom is -0.374 e. The maximum atomic E-state index is 5.81. The van der Waals surface area contributed by atoms with Gasteiger partial charge in [-0.25, -0.2) is 0 Å². The fourth-order valence-corrected chi connectivity index (χ4v) is 2.46. The van der Waals surface area contributed by atoms with Gasteiger partial charge in [0.2, 0.25) is 0 Å². The molecule has 0 radical (unpaired) electrons. The number of hydrogen-bond acceptors (Lipinski definition) is 1. The lowest BCUT2D eigenvalue weighted by Gasteiger charge is -2.09. The highest BCUT2D eigenvalue weighted by atomic mass is 16.5. The van der Waals surface area contributed by atoms with Crippen molar-refractivity contribution in [1.82, 2.24) is 0 Å². The van der Waals surface area contributed by atoms with Crippen LogP contribution in [0.1, 0.15) is 98.3 Å². The topological polar surface area (TPSA) is 9.23 Å². The lowest BCUT2D eigenvalue weighted by atomic mass is 10.1. The van der Waals surface area contributed by atoms with Crippen molar-refractivity contribution in [2.75, 3.05) is 6.61 Å². The monoisotopic (exact) mass is 296 g/mol. The smallest absolute Gasteiger partial charge is 0.0727 e. The predicted octanol–water partition coefficient (Wildman–Crippen LogP) is 6.91. The van der Waals surface area contributed by atoms with E-state index in [4.69, 9.17) is 4.74 Å². The Hall–Kier alpha value is -0.300. The Morgan fingerprint density at radius 1 is 0.762 bits per heavy atom. The minimum absolute atomic E-state index is 0.280. The molecule has 0 aromatic carbocycles. The number of rotatable bonds is 15. The van der Waals surface area contributed by atoms with Crippen LogP contribution in [0.5, 0.6) is 0 Å². The SMILES string of the molecule is CCCCCCCCCCCCOC(C)/C=C/CC(C)C. The molecule has 0 bridgehead atoms. The molecule has 0 saturated carbocycles. The molecule has 21 heavy (non-hydrogen) atoms. The predicted molar refractivity (Wildman–Crippen MR) is 95.9 cm³/mol. The highest BCUT2D eigenvalue weighted by Gasteiger charge is 1.97. The van der Waals surface area contributed by atoms with E-state index in [2.05, 4.69) is 39.8 Å². The van der Waals surface area contributed by atoms with Gasteiger partial charge in [-0.3, -0.25) is 0 Å². The third-order valence-corrected chi connectivity index (χ3v) is 3.89. The number of allylic oxidation sites excluding steroid dienone is 1. The van der Waals surface area contributed by atoms with E-state index in [1.165, 1.54) is 64.2 Å². The Morgan fingerprint density at radius 3 is 1.81 bits per heavy atom. The van der Waals surface area contributed by atoms with E-state index in [-0.39, 0.29) is 6.10 Å². The van der Waals surface area contributed by atoms with Gasteiger partial charge in [0.1, 0.15) is 0 Å². The van der Waals surface area contributed by atoms with Crippen molar-refractivity contribution < 1.29 is 4.74 Å². The molecule has 1 nitrogen and oxygen atoms in total. The van der Waals surface area contributed by atoms with Gasteiger partial charge in [0, 0.05) is 6.61 Å².